The Morgan fingerprint density at radius 2 is 2.60 bits per heavy atom. The lowest BCUT2D eigenvalue weighted by Gasteiger charge is -1.54. The fourth-order valence-corrected chi connectivity index (χ4v) is 10.6. The highest BCUT2D eigenvalue weighted by Gasteiger charge is 1.74. The lowest BCUT2D eigenvalue weighted by molar-refractivity contribution is 2.50. The first-order valence-electron chi connectivity index (χ1n) is 1.82. The SMILES string of the molecule is C1=C[SiH2][SiH]=[SiH]1. The summed E-state index contributed by atoms with van der Waals surface area (Å²) < 4.78 is 0. The largest absolute Gasteiger partial charge is 0.106 e. The maximum atomic E-state index is 2.45. The van der Waals surface area contributed by atoms with E-state index in [4.69, 9.17) is 0 Å². The molecular weight excluding hydrogens is 108 g/mol. The third kappa shape index (κ3) is 0.864. The van der Waals surface area contributed by atoms with Gasteiger partial charge in [0, 0.05) is 9.04 Å². The van der Waals surface area contributed by atoms with Crippen LogP contribution in [0.2, 0.25) is 0 Å². The Bertz CT molecular complexity index is 63.0. The molecule has 3 heteroatoms. The van der Waals surface area contributed by atoms with Gasteiger partial charge in [-0.05, 0) is 16.7 Å². The first kappa shape index (κ1) is 3.58. The fraction of sp³-hybridized carbons (Fsp3) is 0. The van der Waals surface area contributed by atoms with Gasteiger partial charge in [-0.3, -0.25) is 0 Å². The highest BCUT2D eigenvalue weighted by atomic mass is 29.3. The lowest BCUT2D eigenvalue weighted by atomic mass is 11.2. The molecule has 0 atom stereocenters. The van der Waals surface area contributed by atoms with E-state index in [1.54, 1.807) is 0 Å². The molecule has 0 aromatic carbocycles. The van der Waals surface area contributed by atoms with Crippen LogP contribution < -0.4 is 0 Å². The van der Waals surface area contributed by atoms with Crippen molar-refractivity contribution in [3.63, 3.8) is 0 Å². The molecule has 0 radical (unpaired) electrons. The van der Waals surface area contributed by atoms with E-state index in [-0.39, 0.29) is 0 Å². The fourth-order valence-electron chi connectivity index (χ4n) is 0.393. The maximum Gasteiger partial charge on any atom is 0.0481 e. The van der Waals surface area contributed by atoms with E-state index < -0.39 is 0 Å². The smallest absolute Gasteiger partial charge is 0.0481 e. The Morgan fingerprint density at radius 3 is 2.80 bits per heavy atom. The van der Waals surface area contributed by atoms with Gasteiger partial charge in [-0.15, -0.1) is 5.70 Å². The van der Waals surface area contributed by atoms with Crippen LogP contribution in [-0.2, 0) is 0 Å². The van der Waals surface area contributed by atoms with Gasteiger partial charge >= 0.3 is 0 Å². The molecule has 0 spiro atoms. The van der Waals surface area contributed by atoms with Crippen molar-refractivity contribution in [3.8, 4) is 0 Å². The van der Waals surface area contributed by atoms with Gasteiger partial charge in [-0.25, -0.2) is 0 Å². The van der Waals surface area contributed by atoms with Crippen molar-refractivity contribution in [1.29, 1.82) is 0 Å². The van der Waals surface area contributed by atoms with Crippen molar-refractivity contribution < 1.29 is 0 Å². The molecule has 1 rings (SSSR count). The molecule has 0 saturated heterocycles. The summed E-state index contributed by atoms with van der Waals surface area (Å²) in [4.78, 5) is 0. The standard InChI is InChI=1S/C2H6Si3/c1-2-4-5-3-1/h1-3,5H,4H2. The summed E-state index contributed by atoms with van der Waals surface area (Å²) in [5.74, 6) is 0. The van der Waals surface area contributed by atoms with Gasteiger partial charge in [0.25, 0.3) is 0 Å². The van der Waals surface area contributed by atoms with Gasteiger partial charge in [0.2, 0.25) is 0 Å². The van der Waals surface area contributed by atoms with E-state index in [0.29, 0.717) is 9.04 Å². The molecule has 0 nitrogen and oxygen atoms in total. The zero-order valence-electron chi connectivity index (χ0n) is 3.02. The predicted octanol–water partition coefficient (Wildman–Crippen LogP) is -1.66. The topological polar surface area (TPSA) is 0 Å². The van der Waals surface area contributed by atoms with Crippen molar-refractivity contribution in [2.75, 3.05) is 0 Å². The molecule has 0 bridgehead atoms. The monoisotopic (exact) mass is 114 g/mol. The predicted molar refractivity (Wildman–Crippen MR) is 32.0 cm³/mol. The van der Waals surface area contributed by atoms with Crippen LogP contribution in [-0.4, -0.2) is 25.8 Å². The number of hydrogen-bond acceptors (Lipinski definition) is 0. The van der Waals surface area contributed by atoms with Gasteiger partial charge in [0.1, 0.15) is 0 Å². The summed E-state index contributed by atoms with van der Waals surface area (Å²) in [6.07, 6.45) is 0. The minimum atomic E-state index is 0.483. The van der Waals surface area contributed by atoms with Gasteiger partial charge in [-0.1, -0.05) is 5.70 Å². The van der Waals surface area contributed by atoms with Crippen molar-refractivity contribution in [3.05, 3.63) is 11.4 Å². The molecule has 0 fully saturated rings. The van der Waals surface area contributed by atoms with Crippen LogP contribution in [0.1, 0.15) is 0 Å². The minimum absolute atomic E-state index is 0.483. The van der Waals surface area contributed by atoms with Gasteiger partial charge in [0.15, 0.2) is 0 Å². The zero-order chi connectivity index (χ0) is 3.54. The molecule has 0 amide bonds. The Balaban J connectivity index is 2.61. The van der Waals surface area contributed by atoms with Crippen LogP contribution >= 0.6 is 0 Å². The number of rotatable bonds is 0. The first-order chi connectivity index (χ1) is 2.50. The molecule has 0 aromatic rings. The first-order valence-corrected chi connectivity index (χ1v) is 9.23. The summed E-state index contributed by atoms with van der Waals surface area (Å²) in [7, 11) is 2.41. The zero-order valence-corrected chi connectivity index (χ0v) is 6.74. The molecule has 0 N–H and O–H groups in total. The Labute approximate surface area is 37.9 Å². The van der Waals surface area contributed by atoms with Crippen LogP contribution in [0, 0.1) is 0 Å². The van der Waals surface area contributed by atoms with E-state index in [2.05, 4.69) is 11.4 Å². The molecule has 0 unspecified atom stereocenters. The van der Waals surface area contributed by atoms with Crippen LogP contribution in [0.25, 0.3) is 0 Å². The second-order valence-electron chi connectivity index (χ2n) is 1.09. The molecule has 0 saturated carbocycles. The molecule has 5 heavy (non-hydrogen) atoms. The van der Waals surface area contributed by atoms with Gasteiger partial charge in [-0.2, -0.15) is 0 Å². The van der Waals surface area contributed by atoms with Crippen molar-refractivity contribution >= 4 is 25.8 Å². The summed E-state index contributed by atoms with van der Waals surface area (Å²) in [5, 5.41) is 0. The molecule has 26 valence electrons. The highest BCUT2D eigenvalue weighted by Crippen LogP contribution is 1.64. The Hall–Kier alpha value is 0.391. The third-order valence-electron chi connectivity index (χ3n) is 0.655. The molecule has 0 aromatic heterocycles. The molecular formula is C2H6Si3. The molecule has 0 aliphatic carbocycles. The average Bonchev–Trinajstić information content (AvgIpc) is 1.76. The second-order valence-corrected chi connectivity index (χ2v) is 11.5. The van der Waals surface area contributed by atoms with Crippen LogP contribution in [0.15, 0.2) is 11.4 Å². The molecule has 1 aliphatic heterocycles. The third-order valence-corrected chi connectivity index (χ3v) is 10.8. The lowest BCUT2D eigenvalue weighted by Crippen LogP contribution is -1.82. The van der Waals surface area contributed by atoms with E-state index in [9.17, 15) is 0 Å². The summed E-state index contributed by atoms with van der Waals surface area (Å²) in [6, 6.07) is 0. The quantitative estimate of drug-likeness (QED) is 0.331. The molecule has 1 heterocycles. The summed E-state index contributed by atoms with van der Waals surface area (Å²) >= 11 is 0. The number of hydrogen-bond donors (Lipinski definition) is 0. The van der Waals surface area contributed by atoms with E-state index in [1.807, 2.05) is 0 Å². The second kappa shape index (κ2) is 1.74. The van der Waals surface area contributed by atoms with Gasteiger partial charge in [0.05, 0.1) is 0 Å². The van der Waals surface area contributed by atoms with E-state index in [1.165, 1.54) is 0 Å². The van der Waals surface area contributed by atoms with Crippen molar-refractivity contribution in [2.24, 2.45) is 0 Å². The summed E-state index contributed by atoms with van der Waals surface area (Å²) in [6.45, 7) is 0. The minimum Gasteiger partial charge on any atom is -0.106 e. The maximum absolute atomic E-state index is 2.45. The molecule has 1 aliphatic rings. The van der Waals surface area contributed by atoms with Crippen LogP contribution in [0.5, 0.6) is 0 Å². The van der Waals surface area contributed by atoms with E-state index in [0.717, 1.165) is 16.7 Å². The Morgan fingerprint density at radius 1 is 1.60 bits per heavy atom. The normalized spacial score (nSPS) is 22.4. The Kier molecular flexibility index (Phi) is 1.24. The van der Waals surface area contributed by atoms with Gasteiger partial charge < -0.3 is 0 Å². The van der Waals surface area contributed by atoms with Crippen molar-refractivity contribution in [2.45, 2.75) is 0 Å². The van der Waals surface area contributed by atoms with Crippen molar-refractivity contribution in [1.82, 2.24) is 0 Å². The average molecular weight is 114 g/mol. The highest BCUT2D eigenvalue weighted by molar-refractivity contribution is 7.16. The van der Waals surface area contributed by atoms with Crippen LogP contribution in [0.4, 0.5) is 0 Å². The van der Waals surface area contributed by atoms with Crippen LogP contribution in [0.3, 0.4) is 0 Å². The van der Waals surface area contributed by atoms with E-state index >= 15 is 0 Å². The summed E-state index contributed by atoms with van der Waals surface area (Å²) in [5.41, 5.74) is 4.87.